The lowest BCUT2D eigenvalue weighted by Gasteiger charge is -2.26. The zero-order valence-electron chi connectivity index (χ0n) is 17.4. The first-order chi connectivity index (χ1) is 15.2. The Morgan fingerprint density at radius 2 is 2.00 bits per heavy atom. The fourth-order valence-electron chi connectivity index (χ4n) is 3.66. The van der Waals surface area contributed by atoms with Gasteiger partial charge in [-0.25, -0.2) is 14.5 Å². The first-order valence-corrected chi connectivity index (χ1v) is 10.5. The molecule has 4 rings (SSSR count). The minimum absolute atomic E-state index is 0.0349. The number of hydrogen-bond acceptors (Lipinski definition) is 5. The van der Waals surface area contributed by atoms with E-state index in [2.05, 4.69) is 15.4 Å². The van der Waals surface area contributed by atoms with E-state index in [0.717, 1.165) is 30.6 Å². The molecule has 0 aliphatic carbocycles. The van der Waals surface area contributed by atoms with Crippen molar-refractivity contribution < 1.29 is 14.6 Å². The molecule has 2 N–H and O–H groups in total. The number of benzene rings is 2. The molecule has 2 aromatic carbocycles. The van der Waals surface area contributed by atoms with Crippen LogP contribution in [0.5, 0.6) is 5.75 Å². The van der Waals surface area contributed by atoms with Crippen LogP contribution in [0.15, 0.2) is 61.2 Å². The number of aromatic hydroxyl groups is 1. The Bertz CT molecular complexity index is 969. The number of hydrogen-bond donors (Lipinski definition) is 2. The van der Waals surface area contributed by atoms with E-state index in [1.807, 2.05) is 36.4 Å². The van der Waals surface area contributed by atoms with Crippen molar-refractivity contribution in [2.45, 2.75) is 38.6 Å². The van der Waals surface area contributed by atoms with E-state index in [9.17, 15) is 9.90 Å². The van der Waals surface area contributed by atoms with Crippen molar-refractivity contribution in [3.63, 3.8) is 0 Å². The number of carbonyl (C=O) groups is 1. The predicted octanol–water partition coefficient (Wildman–Crippen LogP) is 2.92. The highest BCUT2D eigenvalue weighted by Gasteiger charge is 2.23. The summed E-state index contributed by atoms with van der Waals surface area (Å²) in [5.74, 6) is 0.190. The van der Waals surface area contributed by atoms with Crippen molar-refractivity contribution in [3.8, 4) is 5.75 Å². The summed E-state index contributed by atoms with van der Waals surface area (Å²) in [7, 11) is 0. The fourth-order valence-corrected chi connectivity index (χ4v) is 3.66. The van der Waals surface area contributed by atoms with Crippen molar-refractivity contribution >= 4 is 6.03 Å². The van der Waals surface area contributed by atoms with E-state index >= 15 is 0 Å². The van der Waals surface area contributed by atoms with E-state index in [4.69, 9.17) is 4.74 Å². The van der Waals surface area contributed by atoms with Gasteiger partial charge in [-0.05, 0) is 30.0 Å². The zero-order valence-corrected chi connectivity index (χ0v) is 17.4. The van der Waals surface area contributed by atoms with Crippen LogP contribution in [0.3, 0.4) is 0 Å². The van der Waals surface area contributed by atoms with Crippen LogP contribution in [0, 0.1) is 0 Å². The van der Waals surface area contributed by atoms with E-state index in [0.29, 0.717) is 31.7 Å². The molecule has 1 saturated heterocycles. The highest BCUT2D eigenvalue weighted by Crippen LogP contribution is 2.20. The zero-order chi connectivity index (χ0) is 21.5. The monoisotopic (exact) mass is 421 g/mol. The quantitative estimate of drug-likeness (QED) is 0.583. The molecule has 2 heterocycles. The normalized spacial score (nSPS) is 15.7. The summed E-state index contributed by atoms with van der Waals surface area (Å²) in [5.41, 5.74) is 2.84. The number of carbonyl (C=O) groups excluding carboxylic acids is 1. The topological polar surface area (TPSA) is 92.5 Å². The Morgan fingerprint density at radius 1 is 1.19 bits per heavy atom. The summed E-state index contributed by atoms with van der Waals surface area (Å²) in [6, 6.07) is 15.0. The van der Waals surface area contributed by atoms with Gasteiger partial charge in [0.1, 0.15) is 18.4 Å². The number of para-hydroxylation sites is 1. The van der Waals surface area contributed by atoms with Crippen LogP contribution in [0.2, 0.25) is 0 Å². The molecule has 0 saturated carbocycles. The van der Waals surface area contributed by atoms with E-state index < -0.39 is 0 Å². The van der Waals surface area contributed by atoms with Crippen LogP contribution in [-0.2, 0) is 24.4 Å². The second-order valence-electron chi connectivity index (χ2n) is 7.71. The number of ether oxygens (including phenoxy) is 1. The molecule has 1 fully saturated rings. The van der Waals surface area contributed by atoms with Gasteiger partial charge < -0.3 is 20.1 Å². The van der Waals surface area contributed by atoms with Gasteiger partial charge in [-0.15, -0.1) is 0 Å². The Balaban J connectivity index is 1.36. The van der Waals surface area contributed by atoms with Crippen molar-refractivity contribution in [1.82, 2.24) is 25.0 Å². The number of rotatable bonds is 8. The van der Waals surface area contributed by atoms with Gasteiger partial charge in [0.2, 0.25) is 0 Å². The smallest absolute Gasteiger partial charge is 0.318 e. The minimum Gasteiger partial charge on any atom is -0.508 e. The predicted molar refractivity (Wildman–Crippen MR) is 115 cm³/mol. The number of urea groups is 1. The lowest BCUT2D eigenvalue weighted by Crippen LogP contribution is -2.43. The molecule has 0 radical (unpaired) electrons. The highest BCUT2D eigenvalue weighted by atomic mass is 16.5. The largest absolute Gasteiger partial charge is 0.508 e. The lowest BCUT2D eigenvalue weighted by atomic mass is 10.1. The van der Waals surface area contributed by atoms with Gasteiger partial charge >= 0.3 is 6.03 Å². The molecule has 1 aliphatic heterocycles. The Kier molecular flexibility index (Phi) is 6.78. The maximum Gasteiger partial charge on any atom is 0.318 e. The third kappa shape index (κ3) is 5.82. The SMILES string of the molecule is O=C(NCc1ccc(Cn2cncn2)cc1)N(Cc1ccccc1O)CC1CCCO1. The maximum absolute atomic E-state index is 13.0. The second-order valence-corrected chi connectivity index (χ2v) is 7.71. The molecular weight excluding hydrogens is 394 g/mol. The fraction of sp³-hybridized carbons (Fsp3) is 0.348. The summed E-state index contributed by atoms with van der Waals surface area (Å²) >= 11 is 0. The Hall–Kier alpha value is -3.39. The number of phenols is 1. The summed E-state index contributed by atoms with van der Waals surface area (Å²) < 4.78 is 7.49. The van der Waals surface area contributed by atoms with Crippen molar-refractivity contribution in [2.75, 3.05) is 13.2 Å². The van der Waals surface area contributed by atoms with Crippen molar-refractivity contribution in [3.05, 3.63) is 77.9 Å². The summed E-state index contributed by atoms with van der Waals surface area (Å²) in [5, 5.41) is 17.2. The van der Waals surface area contributed by atoms with Crippen molar-refractivity contribution in [2.24, 2.45) is 0 Å². The first kappa shape index (κ1) is 20.9. The van der Waals surface area contributed by atoms with Gasteiger partial charge in [0.05, 0.1) is 19.2 Å². The molecule has 3 aromatic rings. The number of phenolic OH excluding ortho intramolecular Hbond substituents is 1. The van der Waals surface area contributed by atoms with Crippen LogP contribution >= 0.6 is 0 Å². The summed E-state index contributed by atoms with van der Waals surface area (Å²) in [6.45, 7) is 2.64. The van der Waals surface area contributed by atoms with Crippen LogP contribution in [0.4, 0.5) is 4.79 Å². The molecule has 8 nitrogen and oxygen atoms in total. The number of nitrogens with one attached hydrogen (secondary N) is 1. The molecular formula is C23H27N5O3. The van der Waals surface area contributed by atoms with Crippen LogP contribution in [0.25, 0.3) is 0 Å². The number of amides is 2. The molecule has 1 aromatic heterocycles. The lowest BCUT2D eigenvalue weighted by molar-refractivity contribution is 0.0792. The van der Waals surface area contributed by atoms with Gasteiger partial charge in [0.25, 0.3) is 0 Å². The van der Waals surface area contributed by atoms with E-state index in [-0.39, 0.29) is 17.9 Å². The highest BCUT2D eigenvalue weighted by molar-refractivity contribution is 5.74. The van der Waals surface area contributed by atoms with Gasteiger partial charge in [0.15, 0.2) is 0 Å². The molecule has 8 heteroatoms. The van der Waals surface area contributed by atoms with E-state index in [1.54, 1.807) is 28.0 Å². The molecule has 31 heavy (non-hydrogen) atoms. The molecule has 1 atom stereocenters. The average molecular weight is 422 g/mol. The molecule has 2 amide bonds. The van der Waals surface area contributed by atoms with Gasteiger partial charge in [-0.1, -0.05) is 42.5 Å². The number of nitrogens with zero attached hydrogens (tertiary/aromatic N) is 4. The number of aromatic nitrogens is 3. The Morgan fingerprint density at radius 3 is 2.71 bits per heavy atom. The molecule has 162 valence electrons. The molecule has 1 unspecified atom stereocenters. The molecule has 1 aliphatic rings. The van der Waals surface area contributed by atoms with Crippen LogP contribution in [0.1, 0.15) is 29.5 Å². The van der Waals surface area contributed by atoms with Gasteiger partial charge in [-0.3, -0.25) is 0 Å². The van der Waals surface area contributed by atoms with Crippen LogP contribution in [-0.4, -0.2) is 50.1 Å². The van der Waals surface area contributed by atoms with Crippen molar-refractivity contribution in [1.29, 1.82) is 0 Å². The van der Waals surface area contributed by atoms with Crippen LogP contribution < -0.4 is 5.32 Å². The third-order valence-electron chi connectivity index (χ3n) is 5.37. The summed E-state index contributed by atoms with van der Waals surface area (Å²) in [6.07, 6.45) is 5.19. The maximum atomic E-state index is 13.0. The van der Waals surface area contributed by atoms with E-state index in [1.165, 1.54) is 6.33 Å². The third-order valence-corrected chi connectivity index (χ3v) is 5.37. The first-order valence-electron chi connectivity index (χ1n) is 10.5. The standard InChI is InChI=1S/C23H27N5O3/c29-22-6-2-1-4-20(22)14-27(15-21-5-3-11-31-21)23(30)25-12-18-7-9-19(10-8-18)13-28-17-24-16-26-28/h1-2,4,6-10,16-17,21,29H,3,5,11-15H2,(H,25,30). The van der Waals surface area contributed by atoms with Gasteiger partial charge in [0, 0.05) is 25.3 Å². The minimum atomic E-state index is -0.176. The molecule has 0 bridgehead atoms. The summed E-state index contributed by atoms with van der Waals surface area (Å²) in [4.78, 5) is 18.6. The second kappa shape index (κ2) is 10.1. The molecule has 0 spiro atoms. The Labute approximate surface area is 181 Å². The van der Waals surface area contributed by atoms with Gasteiger partial charge in [-0.2, -0.15) is 5.10 Å². The average Bonchev–Trinajstić information content (AvgIpc) is 3.48.